The number of benzene rings is 3. The van der Waals surface area contributed by atoms with E-state index < -0.39 is 21.1 Å². The fraction of sp³-hybridized carbons (Fsp3) is 0.222. The maximum absolute atomic E-state index is 13.5. The van der Waals surface area contributed by atoms with Gasteiger partial charge in [-0.1, -0.05) is 59.0 Å². The predicted octanol–water partition coefficient (Wildman–Crippen LogP) is 6.89. The van der Waals surface area contributed by atoms with E-state index in [1.165, 1.54) is 30.3 Å². The lowest BCUT2D eigenvalue weighted by Gasteiger charge is -2.17. The lowest BCUT2D eigenvalue weighted by atomic mass is 9.94. The third-order valence-corrected chi connectivity index (χ3v) is 9.24. The second-order valence-electron chi connectivity index (χ2n) is 9.22. The Morgan fingerprint density at radius 1 is 1.03 bits per heavy atom. The summed E-state index contributed by atoms with van der Waals surface area (Å²) in [5.41, 5.74) is 1.52. The smallest absolute Gasteiger partial charge is 0.258 e. The van der Waals surface area contributed by atoms with Crippen LogP contribution >= 0.6 is 34.8 Å². The molecule has 0 saturated heterocycles. The Bertz CT molecular complexity index is 1660. The maximum Gasteiger partial charge on any atom is 0.258 e. The molecule has 0 atom stereocenters. The van der Waals surface area contributed by atoms with E-state index in [0.717, 1.165) is 0 Å². The zero-order valence-electron chi connectivity index (χ0n) is 20.5. The molecule has 0 unspecified atom stereocenters. The van der Waals surface area contributed by atoms with E-state index in [1.54, 1.807) is 31.2 Å². The van der Waals surface area contributed by atoms with Crippen LogP contribution in [-0.4, -0.2) is 30.2 Å². The lowest BCUT2D eigenvalue weighted by Crippen LogP contribution is -2.16. The minimum absolute atomic E-state index is 0.00262. The molecule has 5 rings (SSSR count). The Morgan fingerprint density at radius 3 is 2.28 bits per heavy atom. The molecule has 0 bridgehead atoms. The summed E-state index contributed by atoms with van der Waals surface area (Å²) in [5, 5.41) is 7.53. The van der Waals surface area contributed by atoms with Gasteiger partial charge in [-0.15, -0.1) is 0 Å². The van der Waals surface area contributed by atoms with Crippen molar-refractivity contribution in [3.8, 4) is 11.5 Å². The van der Waals surface area contributed by atoms with Crippen LogP contribution in [0.15, 0.2) is 64.0 Å². The van der Waals surface area contributed by atoms with Gasteiger partial charge in [-0.3, -0.25) is 4.79 Å². The molecule has 1 amide bonds. The number of hydrogen-bond acceptors (Lipinski definition) is 6. The van der Waals surface area contributed by atoms with E-state index >= 15 is 0 Å². The molecule has 0 spiro atoms. The Morgan fingerprint density at radius 2 is 1.69 bits per heavy atom. The highest BCUT2D eigenvalue weighted by Gasteiger charge is 2.52. The van der Waals surface area contributed by atoms with Gasteiger partial charge in [-0.25, -0.2) is 12.8 Å². The fourth-order valence-electron chi connectivity index (χ4n) is 4.35. The molecule has 1 N–H and O–H groups in total. The van der Waals surface area contributed by atoms with Crippen LogP contribution in [0.1, 0.15) is 36.7 Å². The average Bonchev–Trinajstić information content (AvgIpc) is 3.51. The molecule has 1 aliphatic rings. The molecule has 202 valence electrons. The number of halogens is 4. The zero-order chi connectivity index (χ0) is 27.9. The third-order valence-electron chi connectivity index (χ3n) is 6.60. The highest BCUT2D eigenvalue weighted by Crippen LogP contribution is 2.57. The Hall–Kier alpha value is -2.98. The van der Waals surface area contributed by atoms with Gasteiger partial charge in [-0.2, -0.15) is 4.98 Å². The van der Waals surface area contributed by atoms with Gasteiger partial charge < -0.3 is 9.84 Å². The van der Waals surface area contributed by atoms with Crippen molar-refractivity contribution in [2.75, 3.05) is 11.1 Å². The van der Waals surface area contributed by atoms with Gasteiger partial charge in [0.25, 0.3) is 5.89 Å². The summed E-state index contributed by atoms with van der Waals surface area (Å²) in [6, 6.07) is 13.6. The molecule has 4 aromatic rings. The third kappa shape index (κ3) is 5.54. The first-order chi connectivity index (χ1) is 18.5. The van der Waals surface area contributed by atoms with Crippen LogP contribution in [0.5, 0.6) is 0 Å². The summed E-state index contributed by atoms with van der Waals surface area (Å²) in [5.74, 6) is -0.280. The van der Waals surface area contributed by atoms with Crippen LogP contribution in [0.4, 0.5) is 10.1 Å². The van der Waals surface area contributed by atoms with Crippen molar-refractivity contribution in [2.24, 2.45) is 0 Å². The molecule has 0 aliphatic heterocycles. The van der Waals surface area contributed by atoms with E-state index in [4.69, 9.17) is 39.3 Å². The first-order valence-electron chi connectivity index (χ1n) is 11.9. The zero-order valence-corrected chi connectivity index (χ0v) is 23.6. The molecule has 1 saturated carbocycles. The Labute approximate surface area is 239 Å². The maximum atomic E-state index is 13.5. The molecule has 3 aromatic carbocycles. The molecule has 1 aliphatic carbocycles. The quantitative estimate of drug-likeness (QED) is 0.234. The number of hydrogen-bond donors (Lipinski definition) is 1. The van der Waals surface area contributed by atoms with Gasteiger partial charge in [-0.05, 0) is 60.9 Å². The van der Waals surface area contributed by atoms with Gasteiger partial charge in [0.2, 0.25) is 5.91 Å². The van der Waals surface area contributed by atoms with Crippen LogP contribution in [0.3, 0.4) is 0 Å². The summed E-state index contributed by atoms with van der Waals surface area (Å²) >= 11 is 19.2. The summed E-state index contributed by atoms with van der Waals surface area (Å²) in [6.07, 6.45) is 1.41. The second kappa shape index (κ2) is 10.5. The summed E-state index contributed by atoms with van der Waals surface area (Å²) in [7, 11) is -3.31. The molecule has 12 heteroatoms. The SMILES string of the molecule is CCS(=O)(=O)c1ccc(CC(=O)Nc2cc(Cl)c(C3(c4noc(-c5ccc(F)c(Cl)c5)n4)CC3)c(Cl)c2)cc1. The standard InChI is InChI=1S/C27H21Cl3FN3O4S/c1-2-39(36,37)18-6-3-15(4-7-18)11-23(35)32-17-13-20(29)24(21(30)14-17)27(9-10-27)26-33-25(38-34-26)16-5-8-22(31)19(28)12-16/h3-8,12-14H,2,9-11H2,1H3,(H,32,35). The monoisotopic (exact) mass is 607 g/mol. The number of carbonyl (C=O) groups is 1. The molecule has 0 radical (unpaired) electrons. The van der Waals surface area contributed by atoms with Crippen molar-refractivity contribution in [2.45, 2.75) is 36.5 Å². The molecule has 1 fully saturated rings. The highest BCUT2D eigenvalue weighted by molar-refractivity contribution is 7.91. The number of carbonyl (C=O) groups excluding carboxylic acids is 1. The predicted molar refractivity (Wildman–Crippen MR) is 148 cm³/mol. The van der Waals surface area contributed by atoms with E-state index in [1.807, 2.05) is 0 Å². The van der Waals surface area contributed by atoms with Crippen molar-refractivity contribution in [1.82, 2.24) is 10.1 Å². The summed E-state index contributed by atoms with van der Waals surface area (Å²) in [6.45, 7) is 1.58. The average molecular weight is 609 g/mol. The van der Waals surface area contributed by atoms with Crippen LogP contribution in [-0.2, 0) is 26.5 Å². The molecule has 39 heavy (non-hydrogen) atoms. The van der Waals surface area contributed by atoms with Gasteiger partial charge >= 0.3 is 0 Å². The Balaban J connectivity index is 1.33. The van der Waals surface area contributed by atoms with Crippen molar-refractivity contribution in [3.05, 3.63) is 92.4 Å². The Kier molecular flexibility index (Phi) is 7.45. The van der Waals surface area contributed by atoms with Gasteiger partial charge in [0.05, 0.1) is 27.5 Å². The van der Waals surface area contributed by atoms with E-state index in [2.05, 4.69) is 15.5 Å². The van der Waals surface area contributed by atoms with Crippen molar-refractivity contribution >= 4 is 56.2 Å². The molecule has 7 nitrogen and oxygen atoms in total. The van der Waals surface area contributed by atoms with Crippen molar-refractivity contribution < 1.29 is 22.1 Å². The highest BCUT2D eigenvalue weighted by atomic mass is 35.5. The number of anilines is 1. The topological polar surface area (TPSA) is 102 Å². The van der Waals surface area contributed by atoms with E-state index in [0.29, 0.717) is 51.1 Å². The van der Waals surface area contributed by atoms with Crippen molar-refractivity contribution in [3.63, 3.8) is 0 Å². The molecular formula is C27H21Cl3FN3O4S. The minimum Gasteiger partial charge on any atom is -0.334 e. The number of sulfone groups is 1. The van der Waals surface area contributed by atoms with Gasteiger partial charge in [0.15, 0.2) is 15.7 Å². The van der Waals surface area contributed by atoms with Crippen LogP contribution in [0.25, 0.3) is 11.5 Å². The number of amides is 1. The van der Waals surface area contributed by atoms with E-state index in [9.17, 15) is 17.6 Å². The number of nitrogens with zero attached hydrogens (tertiary/aromatic N) is 2. The summed E-state index contributed by atoms with van der Waals surface area (Å²) in [4.78, 5) is 17.4. The first-order valence-corrected chi connectivity index (χ1v) is 14.7. The molecular weight excluding hydrogens is 588 g/mol. The summed E-state index contributed by atoms with van der Waals surface area (Å²) < 4.78 is 42.9. The number of rotatable bonds is 8. The minimum atomic E-state index is -3.31. The largest absolute Gasteiger partial charge is 0.334 e. The molecule has 1 heterocycles. The van der Waals surface area contributed by atoms with Crippen molar-refractivity contribution in [1.29, 1.82) is 0 Å². The number of nitrogens with one attached hydrogen (secondary N) is 1. The number of aromatic nitrogens is 2. The van der Waals surface area contributed by atoms with Crippen LogP contribution in [0.2, 0.25) is 15.1 Å². The lowest BCUT2D eigenvalue weighted by molar-refractivity contribution is -0.115. The van der Waals surface area contributed by atoms with Gasteiger partial charge in [0, 0.05) is 26.9 Å². The fourth-order valence-corrected chi connectivity index (χ4v) is 6.26. The van der Waals surface area contributed by atoms with Crippen LogP contribution in [0, 0.1) is 5.82 Å². The van der Waals surface area contributed by atoms with Gasteiger partial charge in [0.1, 0.15) is 5.82 Å². The van der Waals surface area contributed by atoms with E-state index in [-0.39, 0.29) is 33.9 Å². The van der Waals surface area contributed by atoms with Crippen LogP contribution < -0.4 is 5.32 Å². The first kappa shape index (κ1) is 27.6. The molecule has 1 aromatic heterocycles. The normalized spacial score (nSPS) is 14.3. The second-order valence-corrected chi connectivity index (χ2v) is 12.7.